The summed E-state index contributed by atoms with van der Waals surface area (Å²) in [7, 11) is 0. The van der Waals surface area contributed by atoms with Crippen molar-refractivity contribution in [2.24, 2.45) is 5.92 Å². The molecule has 10 heteroatoms. The minimum Gasteiger partial charge on any atom is -0.396 e. The van der Waals surface area contributed by atoms with Gasteiger partial charge in [0.15, 0.2) is 0 Å². The minimum absolute atomic E-state index is 0.165. The van der Waals surface area contributed by atoms with Crippen molar-refractivity contribution in [2.75, 3.05) is 43.1 Å². The topological polar surface area (TPSA) is 116 Å². The van der Waals surface area contributed by atoms with Crippen molar-refractivity contribution in [3.63, 3.8) is 0 Å². The number of aromatic nitrogens is 4. The van der Waals surface area contributed by atoms with E-state index in [-0.39, 0.29) is 24.1 Å². The number of ether oxygens (including phenoxy) is 1. The Bertz CT molecular complexity index is 1190. The zero-order chi connectivity index (χ0) is 22.2. The third-order valence-corrected chi connectivity index (χ3v) is 7.27. The van der Waals surface area contributed by atoms with E-state index in [1.54, 1.807) is 0 Å². The summed E-state index contributed by atoms with van der Waals surface area (Å²) in [6, 6.07) is 2.17. The average molecular weight is 457 g/mol. The minimum atomic E-state index is -0.206. The molecule has 0 aromatic carbocycles. The van der Waals surface area contributed by atoms with Crippen molar-refractivity contribution in [3.05, 3.63) is 27.8 Å². The lowest BCUT2D eigenvalue weighted by Gasteiger charge is -2.28. The van der Waals surface area contributed by atoms with Crippen LogP contribution in [0.3, 0.4) is 0 Å². The summed E-state index contributed by atoms with van der Waals surface area (Å²) < 4.78 is 6.45. The number of hydrogen-bond donors (Lipinski definition) is 3. The number of fused-ring (bicyclic) bond motifs is 1. The van der Waals surface area contributed by atoms with Gasteiger partial charge in [-0.3, -0.25) is 14.8 Å². The zero-order valence-electron chi connectivity index (χ0n) is 18.3. The summed E-state index contributed by atoms with van der Waals surface area (Å²) in [6.45, 7) is 6.68. The molecule has 2 aliphatic rings. The van der Waals surface area contributed by atoms with Crippen LogP contribution < -0.4 is 15.8 Å². The van der Waals surface area contributed by atoms with Gasteiger partial charge in [-0.05, 0) is 45.1 Å². The molecule has 0 bridgehead atoms. The molecule has 3 aromatic heterocycles. The lowest BCUT2D eigenvalue weighted by Crippen LogP contribution is -2.38. The summed E-state index contributed by atoms with van der Waals surface area (Å²) in [6.07, 6.45) is 2.77. The first-order valence-corrected chi connectivity index (χ1v) is 11.9. The highest BCUT2D eigenvalue weighted by Crippen LogP contribution is 2.35. The van der Waals surface area contributed by atoms with E-state index in [0.717, 1.165) is 40.9 Å². The van der Waals surface area contributed by atoms with E-state index >= 15 is 0 Å². The van der Waals surface area contributed by atoms with Gasteiger partial charge in [-0.25, -0.2) is 4.98 Å². The number of anilines is 2. The van der Waals surface area contributed by atoms with Gasteiger partial charge in [0.05, 0.1) is 23.6 Å². The van der Waals surface area contributed by atoms with Crippen LogP contribution in [0.5, 0.6) is 0 Å². The fourth-order valence-electron chi connectivity index (χ4n) is 4.59. The zero-order valence-corrected chi connectivity index (χ0v) is 19.2. The second-order valence-corrected chi connectivity index (χ2v) is 9.66. The van der Waals surface area contributed by atoms with Gasteiger partial charge in [-0.2, -0.15) is 4.98 Å². The lowest BCUT2D eigenvalue weighted by atomic mass is 10.1. The summed E-state index contributed by atoms with van der Waals surface area (Å²) in [5.74, 6) is 1.40. The second kappa shape index (κ2) is 8.76. The maximum absolute atomic E-state index is 13.3. The Balaban J connectivity index is 1.59. The molecule has 32 heavy (non-hydrogen) atoms. The predicted molar refractivity (Wildman–Crippen MR) is 126 cm³/mol. The number of H-pyrrole nitrogens is 1. The molecule has 0 amide bonds. The highest BCUT2D eigenvalue weighted by Gasteiger charge is 2.28. The van der Waals surface area contributed by atoms with Crippen molar-refractivity contribution < 1.29 is 9.84 Å². The third-order valence-electron chi connectivity index (χ3n) is 6.25. The number of morpholine rings is 1. The standard InChI is InChI=1S/C22H28N6O3S/c1-12-9-16-18(13(2)23-12)25-21(32-16)17-19(24-15-4-3-14(10-15)11-29)26-22(27-20(17)30)28-5-7-31-8-6-28/h9,14-15,29H,3-8,10-11H2,1-2H3,(H2,24,26,27,30). The van der Waals surface area contributed by atoms with Gasteiger partial charge in [0, 0.05) is 31.4 Å². The molecule has 0 spiro atoms. The Morgan fingerprint density at radius 2 is 2.06 bits per heavy atom. The van der Waals surface area contributed by atoms with Crippen molar-refractivity contribution in [1.82, 2.24) is 19.9 Å². The third kappa shape index (κ3) is 4.10. The average Bonchev–Trinajstić information content (AvgIpc) is 3.41. The number of hydrogen-bond acceptors (Lipinski definition) is 9. The highest BCUT2D eigenvalue weighted by atomic mass is 32.1. The van der Waals surface area contributed by atoms with E-state index in [1.807, 2.05) is 24.8 Å². The van der Waals surface area contributed by atoms with Gasteiger partial charge in [-0.15, -0.1) is 11.3 Å². The first-order valence-electron chi connectivity index (χ1n) is 11.1. The van der Waals surface area contributed by atoms with Crippen LogP contribution in [0.15, 0.2) is 10.9 Å². The lowest BCUT2D eigenvalue weighted by molar-refractivity contribution is 0.122. The maximum Gasteiger partial charge on any atom is 0.264 e. The first kappa shape index (κ1) is 21.3. The summed E-state index contributed by atoms with van der Waals surface area (Å²) >= 11 is 1.49. The van der Waals surface area contributed by atoms with Gasteiger partial charge < -0.3 is 20.1 Å². The van der Waals surface area contributed by atoms with E-state index in [1.165, 1.54) is 11.3 Å². The van der Waals surface area contributed by atoms with Crippen LogP contribution in [-0.2, 0) is 4.74 Å². The molecule has 1 aliphatic heterocycles. The molecule has 1 aliphatic carbocycles. The Labute approximate surface area is 189 Å². The fourth-order valence-corrected chi connectivity index (χ4v) is 5.75. The molecular weight excluding hydrogens is 428 g/mol. The largest absolute Gasteiger partial charge is 0.396 e. The van der Waals surface area contributed by atoms with Crippen LogP contribution in [0.25, 0.3) is 20.8 Å². The Kier molecular flexibility index (Phi) is 5.83. The summed E-state index contributed by atoms with van der Waals surface area (Å²) in [5.41, 5.74) is 2.86. The number of aliphatic hydroxyl groups excluding tert-OH is 1. The number of thiazole rings is 1. The summed E-state index contributed by atoms with van der Waals surface area (Å²) in [4.78, 5) is 32.5. The molecule has 9 nitrogen and oxygen atoms in total. The van der Waals surface area contributed by atoms with Crippen molar-refractivity contribution in [3.8, 4) is 10.6 Å². The van der Waals surface area contributed by atoms with Crippen LogP contribution in [-0.4, -0.2) is 64.0 Å². The van der Waals surface area contributed by atoms with Gasteiger partial charge in [0.2, 0.25) is 5.95 Å². The number of aliphatic hydroxyl groups is 1. The number of aromatic amines is 1. The second-order valence-electron chi connectivity index (χ2n) is 8.63. The quantitative estimate of drug-likeness (QED) is 0.536. The molecule has 2 unspecified atom stereocenters. The Morgan fingerprint density at radius 3 is 2.81 bits per heavy atom. The molecule has 4 heterocycles. The molecular formula is C22H28N6O3S. The molecule has 3 aromatic rings. The number of nitrogens with zero attached hydrogens (tertiary/aromatic N) is 4. The smallest absolute Gasteiger partial charge is 0.264 e. The van der Waals surface area contributed by atoms with Crippen LogP contribution >= 0.6 is 11.3 Å². The van der Waals surface area contributed by atoms with Crippen molar-refractivity contribution in [2.45, 2.75) is 39.2 Å². The van der Waals surface area contributed by atoms with E-state index in [2.05, 4.69) is 15.3 Å². The van der Waals surface area contributed by atoms with Gasteiger partial charge >= 0.3 is 0 Å². The van der Waals surface area contributed by atoms with Crippen LogP contribution in [0.4, 0.5) is 11.8 Å². The predicted octanol–water partition coefficient (Wildman–Crippen LogP) is 2.47. The SMILES string of the molecule is Cc1cc2sc(-c3c(NC4CCC(CO)C4)nc(N4CCOCC4)[nH]c3=O)nc2c(C)n1. The molecule has 5 rings (SSSR count). The normalized spacial score (nSPS) is 21.4. The van der Waals surface area contributed by atoms with Crippen LogP contribution in [0, 0.1) is 19.8 Å². The van der Waals surface area contributed by atoms with E-state index in [0.29, 0.717) is 48.6 Å². The molecule has 1 saturated carbocycles. The summed E-state index contributed by atoms with van der Waals surface area (Å²) in [5, 5.41) is 13.7. The first-order chi connectivity index (χ1) is 15.5. The molecule has 3 N–H and O–H groups in total. The number of nitrogens with one attached hydrogen (secondary N) is 2. The van der Waals surface area contributed by atoms with Crippen molar-refractivity contribution in [1.29, 1.82) is 0 Å². The number of rotatable bonds is 5. The van der Waals surface area contributed by atoms with Gasteiger partial charge in [-0.1, -0.05) is 0 Å². The number of aryl methyl sites for hydroxylation is 2. The Morgan fingerprint density at radius 1 is 1.25 bits per heavy atom. The number of pyridine rings is 1. The highest BCUT2D eigenvalue weighted by molar-refractivity contribution is 7.21. The monoisotopic (exact) mass is 456 g/mol. The maximum atomic E-state index is 13.3. The Hall–Kier alpha value is -2.56. The van der Waals surface area contributed by atoms with Crippen LogP contribution in [0.2, 0.25) is 0 Å². The van der Waals surface area contributed by atoms with Crippen LogP contribution in [0.1, 0.15) is 30.7 Å². The van der Waals surface area contributed by atoms with E-state index in [9.17, 15) is 9.90 Å². The van der Waals surface area contributed by atoms with Gasteiger partial charge in [0.25, 0.3) is 5.56 Å². The molecule has 2 fully saturated rings. The molecule has 0 radical (unpaired) electrons. The van der Waals surface area contributed by atoms with E-state index < -0.39 is 0 Å². The fraction of sp³-hybridized carbons (Fsp3) is 0.545. The molecule has 170 valence electrons. The molecule has 2 atom stereocenters. The van der Waals surface area contributed by atoms with Gasteiger partial charge in [0.1, 0.15) is 21.9 Å². The van der Waals surface area contributed by atoms with E-state index in [4.69, 9.17) is 14.7 Å². The van der Waals surface area contributed by atoms with Crippen molar-refractivity contribution >= 4 is 33.3 Å². The molecule has 1 saturated heterocycles.